The van der Waals surface area contributed by atoms with Crippen LogP contribution in [-0.4, -0.2) is 56.2 Å². The molecule has 1 aromatic carbocycles. The molecule has 2 rings (SSSR count). The fourth-order valence-corrected chi connectivity index (χ4v) is 4.65. The maximum absolute atomic E-state index is 12.4. The van der Waals surface area contributed by atoms with Crippen molar-refractivity contribution in [2.75, 3.05) is 30.4 Å². The van der Waals surface area contributed by atoms with E-state index in [0.717, 1.165) is 12.0 Å². The number of nitrogen functional groups attached to an aromatic ring is 1. The van der Waals surface area contributed by atoms with E-state index in [9.17, 15) is 9.59 Å². The van der Waals surface area contributed by atoms with Gasteiger partial charge in [0.1, 0.15) is 0 Å². The first-order chi connectivity index (χ1) is 15.2. The molecule has 0 saturated heterocycles. The van der Waals surface area contributed by atoms with Crippen molar-refractivity contribution in [2.24, 2.45) is 5.92 Å². The van der Waals surface area contributed by atoms with E-state index in [1.807, 2.05) is 20.8 Å². The van der Waals surface area contributed by atoms with Gasteiger partial charge in [-0.2, -0.15) is 0 Å². The van der Waals surface area contributed by atoms with Gasteiger partial charge in [-0.25, -0.2) is 4.68 Å². The predicted molar refractivity (Wildman–Crippen MR) is 131 cm³/mol. The summed E-state index contributed by atoms with van der Waals surface area (Å²) in [5, 5.41) is 12.0. The molecular formula is C22H34N6O2S2. The van der Waals surface area contributed by atoms with Crippen LogP contribution in [-0.2, 0) is 16.0 Å². The van der Waals surface area contributed by atoms with Gasteiger partial charge in [-0.05, 0) is 44.2 Å². The SMILES string of the molecule is CCN(CC)C(=O)CSc1nnc(SCC(=O)NC(C)c2ccc(CC(C)C)cc2)n1N. The molecule has 2 aromatic rings. The zero-order valence-corrected chi connectivity index (χ0v) is 21.1. The average molecular weight is 479 g/mol. The minimum Gasteiger partial charge on any atom is -0.349 e. The van der Waals surface area contributed by atoms with Crippen LogP contribution in [0.15, 0.2) is 34.6 Å². The Bertz CT molecular complexity index is 881. The van der Waals surface area contributed by atoms with Crippen molar-refractivity contribution in [3.05, 3.63) is 35.4 Å². The normalized spacial score (nSPS) is 12.1. The second-order valence-corrected chi connectivity index (χ2v) is 9.79. The molecule has 0 saturated carbocycles. The first kappa shape index (κ1) is 26.1. The van der Waals surface area contributed by atoms with Gasteiger partial charge in [0.25, 0.3) is 0 Å². The number of carbonyl (C=O) groups is 2. The molecule has 0 fully saturated rings. The van der Waals surface area contributed by atoms with E-state index >= 15 is 0 Å². The van der Waals surface area contributed by atoms with Crippen LogP contribution in [0.2, 0.25) is 0 Å². The van der Waals surface area contributed by atoms with Crippen LogP contribution in [0.3, 0.4) is 0 Å². The highest BCUT2D eigenvalue weighted by atomic mass is 32.2. The summed E-state index contributed by atoms with van der Waals surface area (Å²) in [5.41, 5.74) is 2.36. The number of hydrogen-bond acceptors (Lipinski definition) is 7. The van der Waals surface area contributed by atoms with E-state index in [4.69, 9.17) is 5.84 Å². The first-order valence-electron chi connectivity index (χ1n) is 10.9. The largest absolute Gasteiger partial charge is 0.349 e. The Hall–Kier alpha value is -2.20. The van der Waals surface area contributed by atoms with Crippen LogP contribution >= 0.6 is 23.5 Å². The molecule has 0 aliphatic heterocycles. The minimum absolute atomic E-state index is 0.0304. The average Bonchev–Trinajstić information content (AvgIpc) is 3.11. The smallest absolute Gasteiger partial charge is 0.233 e. The van der Waals surface area contributed by atoms with Crippen molar-refractivity contribution < 1.29 is 9.59 Å². The summed E-state index contributed by atoms with van der Waals surface area (Å²) >= 11 is 2.46. The Morgan fingerprint density at radius 1 is 1.03 bits per heavy atom. The van der Waals surface area contributed by atoms with Gasteiger partial charge in [-0.15, -0.1) is 10.2 Å². The highest BCUT2D eigenvalue weighted by Gasteiger charge is 2.17. The van der Waals surface area contributed by atoms with E-state index in [-0.39, 0.29) is 29.4 Å². The standard InChI is InChI=1S/C22H34N6O2S2/c1-6-27(7-2)20(30)14-32-22-26-25-21(28(22)23)31-13-19(29)24-16(5)18-10-8-17(9-11-18)12-15(3)4/h8-11,15-16H,6-7,12-14,23H2,1-5H3,(H,24,29). The van der Waals surface area contributed by atoms with Gasteiger partial charge in [0.15, 0.2) is 0 Å². The second kappa shape index (κ2) is 12.7. The molecule has 10 heteroatoms. The number of nitrogens with one attached hydrogen (secondary N) is 1. The van der Waals surface area contributed by atoms with E-state index in [2.05, 4.69) is 53.6 Å². The van der Waals surface area contributed by atoms with Crippen molar-refractivity contribution >= 4 is 35.3 Å². The summed E-state index contributed by atoms with van der Waals surface area (Å²) in [6.45, 7) is 11.6. The zero-order valence-electron chi connectivity index (χ0n) is 19.5. The van der Waals surface area contributed by atoms with Gasteiger partial charge < -0.3 is 16.1 Å². The molecule has 1 aromatic heterocycles. The molecule has 1 unspecified atom stereocenters. The van der Waals surface area contributed by atoms with Crippen molar-refractivity contribution in [2.45, 2.75) is 57.4 Å². The van der Waals surface area contributed by atoms with E-state index in [1.165, 1.54) is 33.8 Å². The summed E-state index contributed by atoms with van der Waals surface area (Å²) in [6, 6.07) is 8.27. The number of amides is 2. The quantitative estimate of drug-likeness (QED) is 0.357. The lowest BCUT2D eigenvalue weighted by Gasteiger charge is -2.17. The molecule has 3 N–H and O–H groups in total. The first-order valence-corrected chi connectivity index (χ1v) is 12.8. The molecule has 1 atom stereocenters. The fraction of sp³-hybridized carbons (Fsp3) is 0.545. The minimum atomic E-state index is -0.109. The predicted octanol–water partition coefficient (Wildman–Crippen LogP) is 3.12. The Balaban J connectivity index is 1.83. The second-order valence-electron chi connectivity index (χ2n) is 7.91. The lowest BCUT2D eigenvalue weighted by molar-refractivity contribution is -0.128. The highest BCUT2D eigenvalue weighted by Crippen LogP contribution is 2.21. The zero-order chi connectivity index (χ0) is 23.7. The van der Waals surface area contributed by atoms with Gasteiger partial charge in [-0.3, -0.25) is 9.59 Å². The Morgan fingerprint density at radius 3 is 2.12 bits per heavy atom. The molecular weight excluding hydrogens is 444 g/mol. The van der Waals surface area contributed by atoms with Crippen molar-refractivity contribution in [3.8, 4) is 0 Å². The number of carbonyl (C=O) groups excluding carboxylic acids is 2. The van der Waals surface area contributed by atoms with Crippen molar-refractivity contribution in [3.63, 3.8) is 0 Å². The van der Waals surface area contributed by atoms with Crippen LogP contribution in [0.4, 0.5) is 0 Å². The van der Waals surface area contributed by atoms with Crippen molar-refractivity contribution in [1.82, 2.24) is 25.1 Å². The number of rotatable bonds is 12. The Labute approximate surface area is 199 Å². The van der Waals surface area contributed by atoms with Crippen LogP contribution in [0.5, 0.6) is 0 Å². The molecule has 176 valence electrons. The third-order valence-electron chi connectivity index (χ3n) is 4.91. The van der Waals surface area contributed by atoms with Crippen LogP contribution in [0, 0.1) is 5.92 Å². The molecule has 32 heavy (non-hydrogen) atoms. The van der Waals surface area contributed by atoms with E-state index in [1.54, 1.807) is 4.90 Å². The lowest BCUT2D eigenvalue weighted by atomic mass is 10.00. The maximum atomic E-state index is 12.4. The number of hydrogen-bond donors (Lipinski definition) is 2. The topological polar surface area (TPSA) is 106 Å². The fourth-order valence-electron chi connectivity index (χ4n) is 3.16. The van der Waals surface area contributed by atoms with E-state index in [0.29, 0.717) is 29.3 Å². The Kier molecular flexibility index (Phi) is 10.4. The molecule has 0 bridgehead atoms. The van der Waals surface area contributed by atoms with Gasteiger partial charge in [-0.1, -0.05) is 61.6 Å². The van der Waals surface area contributed by atoms with E-state index < -0.39 is 0 Å². The maximum Gasteiger partial charge on any atom is 0.233 e. The van der Waals surface area contributed by atoms with Crippen LogP contribution in [0.25, 0.3) is 0 Å². The molecule has 0 spiro atoms. The number of nitrogens with two attached hydrogens (primary N) is 1. The number of benzene rings is 1. The molecule has 1 heterocycles. The molecule has 0 radical (unpaired) electrons. The number of nitrogens with zero attached hydrogens (tertiary/aromatic N) is 4. The third kappa shape index (κ3) is 7.74. The summed E-state index contributed by atoms with van der Waals surface area (Å²) in [4.78, 5) is 26.3. The molecule has 0 aliphatic carbocycles. The van der Waals surface area contributed by atoms with Gasteiger partial charge in [0.2, 0.25) is 22.1 Å². The monoisotopic (exact) mass is 478 g/mol. The van der Waals surface area contributed by atoms with Gasteiger partial charge >= 0.3 is 0 Å². The summed E-state index contributed by atoms with van der Waals surface area (Å²) in [5.74, 6) is 7.01. The summed E-state index contributed by atoms with van der Waals surface area (Å²) in [7, 11) is 0. The van der Waals surface area contributed by atoms with Gasteiger partial charge in [0, 0.05) is 13.1 Å². The molecule has 2 amide bonds. The Morgan fingerprint density at radius 2 is 1.59 bits per heavy atom. The highest BCUT2D eigenvalue weighted by molar-refractivity contribution is 8.00. The lowest BCUT2D eigenvalue weighted by Crippen LogP contribution is -2.32. The molecule has 8 nitrogen and oxygen atoms in total. The van der Waals surface area contributed by atoms with Crippen LogP contribution in [0.1, 0.15) is 51.8 Å². The van der Waals surface area contributed by atoms with Gasteiger partial charge in [0.05, 0.1) is 17.5 Å². The number of aromatic nitrogens is 3. The molecule has 0 aliphatic rings. The third-order valence-corrected chi connectivity index (χ3v) is 6.78. The summed E-state index contributed by atoms with van der Waals surface area (Å²) < 4.78 is 1.33. The van der Waals surface area contributed by atoms with Crippen molar-refractivity contribution in [1.29, 1.82) is 0 Å². The number of thioether (sulfide) groups is 2. The summed E-state index contributed by atoms with van der Waals surface area (Å²) in [6.07, 6.45) is 1.04. The van der Waals surface area contributed by atoms with Crippen LogP contribution < -0.4 is 11.2 Å².